The largest absolute Gasteiger partial charge is 0.339 e. The highest BCUT2D eigenvalue weighted by Crippen LogP contribution is 2.20. The molecule has 1 N–H and O–H groups in total. The van der Waals surface area contributed by atoms with Crippen LogP contribution in [-0.4, -0.2) is 29.8 Å². The van der Waals surface area contributed by atoms with Crippen LogP contribution in [0.25, 0.3) is 0 Å². The molecule has 4 nitrogen and oxygen atoms in total. The highest BCUT2D eigenvalue weighted by Gasteiger charge is 2.15. The highest BCUT2D eigenvalue weighted by atomic mass is 79.9. The van der Waals surface area contributed by atoms with Gasteiger partial charge in [0.2, 0.25) is 0 Å². The number of amides is 2. The van der Waals surface area contributed by atoms with Crippen molar-refractivity contribution in [3.05, 3.63) is 63.6 Å². The topological polar surface area (TPSA) is 49.4 Å². The standard InChI is InChI=1S/C19H21BrN2O2/c1-4-22(5-2)19(24)15-8-6-7-14(12-15)18(23)21-16-9-10-17(20)13(3)11-16/h6-12H,4-5H2,1-3H3,(H,21,23). The monoisotopic (exact) mass is 388 g/mol. The number of anilines is 1. The predicted molar refractivity (Wildman–Crippen MR) is 101 cm³/mol. The first-order valence-electron chi connectivity index (χ1n) is 7.93. The van der Waals surface area contributed by atoms with E-state index in [2.05, 4.69) is 21.2 Å². The van der Waals surface area contributed by atoms with Gasteiger partial charge in [0.05, 0.1) is 0 Å². The van der Waals surface area contributed by atoms with Crippen molar-refractivity contribution in [2.45, 2.75) is 20.8 Å². The molecule has 0 aliphatic heterocycles. The van der Waals surface area contributed by atoms with E-state index in [-0.39, 0.29) is 11.8 Å². The normalized spacial score (nSPS) is 10.3. The molecule has 0 heterocycles. The van der Waals surface area contributed by atoms with E-state index in [0.717, 1.165) is 15.7 Å². The number of aryl methyl sites for hydroxylation is 1. The van der Waals surface area contributed by atoms with Gasteiger partial charge in [0.15, 0.2) is 0 Å². The van der Waals surface area contributed by atoms with E-state index in [9.17, 15) is 9.59 Å². The molecule has 0 saturated heterocycles. The van der Waals surface area contributed by atoms with Crippen molar-refractivity contribution in [3.8, 4) is 0 Å². The fourth-order valence-electron chi connectivity index (χ4n) is 2.41. The minimum atomic E-state index is -0.231. The summed E-state index contributed by atoms with van der Waals surface area (Å²) in [5, 5.41) is 2.86. The minimum Gasteiger partial charge on any atom is -0.339 e. The second kappa shape index (κ2) is 8.11. The number of rotatable bonds is 5. The zero-order valence-electron chi connectivity index (χ0n) is 14.1. The van der Waals surface area contributed by atoms with E-state index >= 15 is 0 Å². The molecule has 2 aromatic carbocycles. The van der Waals surface area contributed by atoms with Crippen molar-refractivity contribution in [1.29, 1.82) is 0 Å². The molecule has 0 atom stereocenters. The summed E-state index contributed by atoms with van der Waals surface area (Å²) in [6.07, 6.45) is 0. The molecule has 0 aliphatic carbocycles. The van der Waals surface area contributed by atoms with Gasteiger partial charge in [-0.3, -0.25) is 9.59 Å². The third-order valence-electron chi connectivity index (χ3n) is 3.84. The molecule has 126 valence electrons. The lowest BCUT2D eigenvalue weighted by molar-refractivity contribution is 0.0773. The van der Waals surface area contributed by atoms with E-state index in [4.69, 9.17) is 0 Å². The summed E-state index contributed by atoms with van der Waals surface area (Å²) >= 11 is 3.44. The summed E-state index contributed by atoms with van der Waals surface area (Å²) in [6, 6.07) is 12.4. The average molecular weight is 389 g/mol. The number of benzene rings is 2. The molecule has 0 fully saturated rings. The smallest absolute Gasteiger partial charge is 0.255 e. The van der Waals surface area contributed by atoms with Gasteiger partial charge in [-0.1, -0.05) is 22.0 Å². The van der Waals surface area contributed by atoms with Crippen molar-refractivity contribution in [2.24, 2.45) is 0 Å². The average Bonchev–Trinajstić information content (AvgIpc) is 2.59. The number of hydrogen-bond donors (Lipinski definition) is 1. The highest BCUT2D eigenvalue weighted by molar-refractivity contribution is 9.10. The number of hydrogen-bond acceptors (Lipinski definition) is 2. The molecule has 2 amide bonds. The second-order valence-electron chi connectivity index (χ2n) is 5.48. The van der Waals surface area contributed by atoms with Crippen LogP contribution in [0.4, 0.5) is 5.69 Å². The van der Waals surface area contributed by atoms with Gasteiger partial charge in [0.1, 0.15) is 0 Å². The van der Waals surface area contributed by atoms with Crippen LogP contribution in [0.1, 0.15) is 40.1 Å². The summed E-state index contributed by atoms with van der Waals surface area (Å²) in [6.45, 7) is 7.12. The van der Waals surface area contributed by atoms with E-state index in [0.29, 0.717) is 24.2 Å². The lowest BCUT2D eigenvalue weighted by Gasteiger charge is -2.18. The Morgan fingerprint density at radius 3 is 2.33 bits per heavy atom. The molecule has 2 rings (SSSR count). The Morgan fingerprint density at radius 1 is 1.04 bits per heavy atom. The van der Waals surface area contributed by atoms with Gasteiger partial charge < -0.3 is 10.2 Å². The molecule has 0 radical (unpaired) electrons. The van der Waals surface area contributed by atoms with Crippen molar-refractivity contribution in [1.82, 2.24) is 4.90 Å². The molecule has 0 bridgehead atoms. The maximum Gasteiger partial charge on any atom is 0.255 e. The Hall–Kier alpha value is -2.14. The van der Waals surface area contributed by atoms with Gasteiger partial charge in [-0.2, -0.15) is 0 Å². The molecule has 0 aliphatic rings. The molecular formula is C19H21BrN2O2. The first-order valence-corrected chi connectivity index (χ1v) is 8.72. The van der Waals surface area contributed by atoms with Crippen LogP contribution in [0.15, 0.2) is 46.9 Å². The molecule has 0 unspecified atom stereocenters. The van der Waals surface area contributed by atoms with Gasteiger partial charge in [0, 0.05) is 34.4 Å². The quantitative estimate of drug-likeness (QED) is 0.819. The molecule has 2 aromatic rings. The van der Waals surface area contributed by atoms with E-state index in [1.165, 1.54) is 0 Å². The van der Waals surface area contributed by atoms with Gasteiger partial charge >= 0.3 is 0 Å². The fraction of sp³-hybridized carbons (Fsp3) is 0.263. The Kier molecular flexibility index (Phi) is 6.15. The van der Waals surface area contributed by atoms with Crippen LogP contribution in [0, 0.1) is 6.92 Å². The molecule has 0 saturated carbocycles. The zero-order valence-corrected chi connectivity index (χ0v) is 15.7. The number of halogens is 1. The van der Waals surface area contributed by atoms with E-state index < -0.39 is 0 Å². The first-order chi connectivity index (χ1) is 11.5. The molecule has 0 spiro atoms. The second-order valence-corrected chi connectivity index (χ2v) is 6.33. The van der Waals surface area contributed by atoms with Crippen LogP contribution < -0.4 is 5.32 Å². The minimum absolute atomic E-state index is 0.0610. The maximum atomic E-state index is 12.4. The summed E-state index contributed by atoms with van der Waals surface area (Å²) in [4.78, 5) is 26.6. The first kappa shape index (κ1) is 18.2. The molecule has 5 heteroatoms. The van der Waals surface area contributed by atoms with Crippen molar-refractivity contribution >= 4 is 33.4 Å². The molecule has 0 aromatic heterocycles. The SMILES string of the molecule is CCN(CC)C(=O)c1cccc(C(=O)Nc2ccc(Br)c(C)c2)c1. The van der Waals surface area contributed by atoms with Crippen LogP contribution in [0.2, 0.25) is 0 Å². The Balaban J connectivity index is 2.19. The maximum absolute atomic E-state index is 12.4. The van der Waals surface area contributed by atoms with Crippen molar-refractivity contribution < 1.29 is 9.59 Å². The lowest BCUT2D eigenvalue weighted by Crippen LogP contribution is -2.30. The Bertz CT molecular complexity index is 755. The lowest BCUT2D eigenvalue weighted by atomic mass is 10.1. The predicted octanol–water partition coefficient (Wildman–Crippen LogP) is 4.49. The van der Waals surface area contributed by atoms with Gasteiger partial charge in [0.25, 0.3) is 11.8 Å². The third kappa shape index (κ3) is 4.23. The van der Waals surface area contributed by atoms with Crippen LogP contribution in [0.5, 0.6) is 0 Å². The number of carbonyl (C=O) groups excluding carboxylic acids is 2. The third-order valence-corrected chi connectivity index (χ3v) is 4.73. The van der Waals surface area contributed by atoms with Crippen molar-refractivity contribution in [3.63, 3.8) is 0 Å². The van der Waals surface area contributed by atoms with Gasteiger partial charge in [-0.15, -0.1) is 0 Å². The van der Waals surface area contributed by atoms with Gasteiger partial charge in [-0.05, 0) is 62.7 Å². The summed E-state index contributed by atoms with van der Waals surface area (Å²) in [5.74, 6) is -0.292. The number of carbonyl (C=O) groups is 2. The van der Waals surface area contributed by atoms with Gasteiger partial charge in [-0.25, -0.2) is 0 Å². The molecular weight excluding hydrogens is 368 g/mol. The summed E-state index contributed by atoms with van der Waals surface area (Å²) in [7, 11) is 0. The Labute approximate surface area is 151 Å². The summed E-state index contributed by atoms with van der Waals surface area (Å²) < 4.78 is 0.993. The zero-order chi connectivity index (χ0) is 17.7. The Morgan fingerprint density at radius 2 is 1.71 bits per heavy atom. The number of nitrogens with one attached hydrogen (secondary N) is 1. The molecule has 24 heavy (non-hydrogen) atoms. The number of nitrogens with zero attached hydrogens (tertiary/aromatic N) is 1. The fourth-order valence-corrected chi connectivity index (χ4v) is 2.66. The van der Waals surface area contributed by atoms with Crippen LogP contribution >= 0.6 is 15.9 Å². The summed E-state index contributed by atoms with van der Waals surface area (Å²) in [5.41, 5.74) is 2.76. The van der Waals surface area contributed by atoms with Crippen LogP contribution in [-0.2, 0) is 0 Å². The van der Waals surface area contributed by atoms with Crippen molar-refractivity contribution in [2.75, 3.05) is 18.4 Å². The van der Waals surface area contributed by atoms with Crippen LogP contribution in [0.3, 0.4) is 0 Å². The van der Waals surface area contributed by atoms with E-state index in [1.807, 2.05) is 39.0 Å². The van der Waals surface area contributed by atoms with E-state index in [1.54, 1.807) is 29.2 Å².